The van der Waals surface area contributed by atoms with Crippen molar-refractivity contribution in [3.63, 3.8) is 0 Å². The number of hydrogen-bond donors (Lipinski definition) is 1. The van der Waals surface area contributed by atoms with E-state index in [1.807, 2.05) is 0 Å². The van der Waals surface area contributed by atoms with Crippen molar-refractivity contribution in [1.82, 2.24) is 20.1 Å². The maximum absolute atomic E-state index is 12.0. The molecule has 0 bridgehead atoms. The first-order valence-corrected chi connectivity index (χ1v) is 7.92. The second kappa shape index (κ2) is 5.82. The van der Waals surface area contributed by atoms with Gasteiger partial charge in [0.15, 0.2) is 10.3 Å². The van der Waals surface area contributed by atoms with Gasteiger partial charge >= 0.3 is 5.70 Å². The van der Waals surface area contributed by atoms with Gasteiger partial charge in [-0.15, -0.1) is 11.3 Å². The Kier molecular flexibility index (Phi) is 4.02. The third-order valence-electron chi connectivity index (χ3n) is 3.81. The molecule has 3 rings (SSSR count). The number of nitrogens with one attached hydrogen (secondary N) is 1. The van der Waals surface area contributed by atoms with Gasteiger partial charge in [0.2, 0.25) is 0 Å². The normalized spacial score (nSPS) is 22.5. The monoisotopic (exact) mass is 343 g/mol. The molecule has 2 aliphatic rings. The van der Waals surface area contributed by atoms with E-state index in [0.717, 1.165) is 4.88 Å². The number of carbonyl (C=O) groups is 1. The SMILES string of the molecule is CC1C(=O)C([N+](=O)[O-])=C2NCN(Cc3cnc(Cl)s3)CCN21. The minimum absolute atomic E-state index is 0.326. The van der Waals surface area contributed by atoms with Crippen molar-refractivity contribution < 1.29 is 9.72 Å². The summed E-state index contributed by atoms with van der Waals surface area (Å²) >= 11 is 7.24. The smallest absolute Gasteiger partial charge is 0.353 e. The van der Waals surface area contributed by atoms with Crippen LogP contribution in [0.15, 0.2) is 17.7 Å². The third-order valence-corrected chi connectivity index (χ3v) is 4.91. The predicted octanol–water partition coefficient (Wildman–Crippen LogP) is 0.878. The first-order chi connectivity index (χ1) is 10.5. The van der Waals surface area contributed by atoms with Crippen LogP contribution >= 0.6 is 22.9 Å². The summed E-state index contributed by atoms with van der Waals surface area (Å²) in [6.45, 7) is 4.03. The summed E-state index contributed by atoms with van der Waals surface area (Å²) in [4.78, 5) is 31.4. The van der Waals surface area contributed by atoms with Gasteiger partial charge in [-0.3, -0.25) is 19.8 Å². The standard InChI is InChI=1S/C12H14ClN5O3S/c1-7-10(19)9(18(20)21)11-15-6-16(2-3-17(7)11)5-8-4-14-12(13)22-8/h4,7,15H,2-3,5-6H2,1H3. The molecule has 3 heterocycles. The van der Waals surface area contributed by atoms with Crippen LogP contribution in [0.4, 0.5) is 0 Å². The van der Waals surface area contributed by atoms with Crippen molar-refractivity contribution in [2.75, 3.05) is 19.8 Å². The lowest BCUT2D eigenvalue weighted by molar-refractivity contribution is -0.419. The number of fused-ring (bicyclic) bond motifs is 1. The largest absolute Gasteiger partial charge is 0.353 e. The Labute approximate surface area is 135 Å². The predicted molar refractivity (Wildman–Crippen MR) is 80.7 cm³/mol. The average Bonchev–Trinajstić information content (AvgIpc) is 2.88. The number of Topliss-reactive ketones (excluding diaryl/α,β-unsaturated/α-hetero) is 1. The van der Waals surface area contributed by atoms with Crippen LogP contribution in [0.5, 0.6) is 0 Å². The molecule has 1 N–H and O–H groups in total. The molecular weight excluding hydrogens is 330 g/mol. The molecule has 1 aromatic rings. The molecule has 0 saturated carbocycles. The van der Waals surface area contributed by atoms with Gasteiger partial charge in [-0.2, -0.15) is 0 Å². The molecule has 1 fully saturated rings. The maximum Gasteiger partial charge on any atom is 0.353 e. The Hall–Kier alpha value is -1.71. The van der Waals surface area contributed by atoms with Gasteiger partial charge in [-0.25, -0.2) is 4.98 Å². The number of nitro groups is 1. The molecular formula is C12H14ClN5O3S. The highest BCUT2D eigenvalue weighted by molar-refractivity contribution is 7.15. The number of ketones is 1. The number of aromatic nitrogens is 1. The third kappa shape index (κ3) is 2.67. The van der Waals surface area contributed by atoms with Crippen molar-refractivity contribution in [3.8, 4) is 0 Å². The van der Waals surface area contributed by atoms with Crippen LogP contribution in [0.1, 0.15) is 11.8 Å². The number of rotatable bonds is 3. The molecule has 8 nitrogen and oxygen atoms in total. The Morgan fingerprint density at radius 1 is 1.59 bits per heavy atom. The molecule has 118 valence electrons. The molecule has 10 heteroatoms. The quantitative estimate of drug-likeness (QED) is 0.643. The summed E-state index contributed by atoms with van der Waals surface area (Å²) in [6.07, 6.45) is 1.73. The molecule has 1 aromatic heterocycles. The summed E-state index contributed by atoms with van der Waals surface area (Å²) in [7, 11) is 0. The van der Waals surface area contributed by atoms with Crippen LogP contribution in [-0.2, 0) is 11.3 Å². The highest BCUT2D eigenvalue weighted by Crippen LogP contribution is 2.26. The van der Waals surface area contributed by atoms with Crippen molar-refractivity contribution >= 4 is 28.7 Å². The lowest BCUT2D eigenvalue weighted by Crippen LogP contribution is -2.36. The molecule has 0 spiro atoms. The average molecular weight is 344 g/mol. The Morgan fingerprint density at radius 3 is 3.00 bits per heavy atom. The lowest BCUT2D eigenvalue weighted by atomic mass is 10.2. The molecule has 0 aromatic carbocycles. The van der Waals surface area contributed by atoms with E-state index in [1.54, 1.807) is 18.0 Å². The van der Waals surface area contributed by atoms with Gasteiger partial charge in [-0.1, -0.05) is 11.6 Å². The number of hydrogen-bond acceptors (Lipinski definition) is 8. The fourth-order valence-corrected chi connectivity index (χ4v) is 3.70. The van der Waals surface area contributed by atoms with Crippen LogP contribution in [0.3, 0.4) is 0 Å². The van der Waals surface area contributed by atoms with E-state index < -0.39 is 16.7 Å². The van der Waals surface area contributed by atoms with Crippen LogP contribution in [0.25, 0.3) is 0 Å². The molecule has 1 saturated heterocycles. The Balaban J connectivity index is 1.77. The van der Waals surface area contributed by atoms with Gasteiger partial charge in [-0.05, 0) is 6.92 Å². The zero-order valence-corrected chi connectivity index (χ0v) is 13.4. The number of halogens is 1. The fourth-order valence-electron chi connectivity index (χ4n) is 2.68. The summed E-state index contributed by atoms with van der Waals surface area (Å²) in [5, 5.41) is 14.2. The summed E-state index contributed by atoms with van der Waals surface area (Å²) in [6, 6.07) is -0.499. The van der Waals surface area contributed by atoms with E-state index >= 15 is 0 Å². The zero-order chi connectivity index (χ0) is 15.9. The van der Waals surface area contributed by atoms with E-state index in [2.05, 4.69) is 15.2 Å². The van der Waals surface area contributed by atoms with Crippen LogP contribution in [-0.4, -0.2) is 51.3 Å². The van der Waals surface area contributed by atoms with Crippen LogP contribution in [0.2, 0.25) is 4.47 Å². The molecule has 1 unspecified atom stereocenters. The van der Waals surface area contributed by atoms with E-state index in [-0.39, 0.29) is 5.70 Å². The van der Waals surface area contributed by atoms with E-state index in [1.165, 1.54) is 11.3 Å². The minimum atomic E-state index is -0.597. The molecule has 1 atom stereocenters. The van der Waals surface area contributed by atoms with Gasteiger partial charge in [0.25, 0.3) is 5.78 Å². The zero-order valence-electron chi connectivity index (χ0n) is 11.8. The first-order valence-electron chi connectivity index (χ1n) is 6.73. The Bertz CT molecular complexity index is 661. The number of thiazole rings is 1. The van der Waals surface area contributed by atoms with Gasteiger partial charge in [0.1, 0.15) is 0 Å². The van der Waals surface area contributed by atoms with Gasteiger partial charge < -0.3 is 10.2 Å². The van der Waals surface area contributed by atoms with E-state index in [4.69, 9.17) is 11.6 Å². The van der Waals surface area contributed by atoms with E-state index in [0.29, 0.717) is 36.6 Å². The molecule has 22 heavy (non-hydrogen) atoms. The highest BCUT2D eigenvalue weighted by atomic mass is 35.5. The molecule has 2 aliphatic heterocycles. The lowest BCUT2D eigenvalue weighted by Gasteiger charge is -2.22. The first kappa shape index (κ1) is 15.2. The summed E-state index contributed by atoms with van der Waals surface area (Å²) < 4.78 is 0.496. The second-order valence-electron chi connectivity index (χ2n) is 5.15. The van der Waals surface area contributed by atoms with Gasteiger partial charge in [0.05, 0.1) is 17.6 Å². The molecule has 0 amide bonds. The summed E-state index contributed by atoms with van der Waals surface area (Å²) in [5.41, 5.74) is -0.338. The van der Waals surface area contributed by atoms with Crippen molar-refractivity contribution in [3.05, 3.63) is 37.2 Å². The molecule has 0 aliphatic carbocycles. The maximum atomic E-state index is 12.0. The molecule has 0 radical (unpaired) electrons. The van der Waals surface area contributed by atoms with Crippen LogP contribution in [0, 0.1) is 10.1 Å². The second-order valence-corrected chi connectivity index (χ2v) is 6.85. The number of nitrogens with zero attached hydrogens (tertiary/aromatic N) is 4. The van der Waals surface area contributed by atoms with E-state index in [9.17, 15) is 14.9 Å². The number of carbonyl (C=O) groups excluding carboxylic acids is 1. The van der Waals surface area contributed by atoms with Crippen LogP contribution < -0.4 is 5.32 Å². The topological polar surface area (TPSA) is 91.6 Å². The van der Waals surface area contributed by atoms with Crippen molar-refractivity contribution in [2.24, 2.45) is 0 Å². The minimum Gasteiger partial charge on any atom is -0.353 e. The Morgan fingerprint density at radius 2 is 2.36 bits per heavy atom. The van der Waals surface area contributed by atoms with Crippen molar-refractivity contribution in [1.29, 1.82) is 0 Å². The highest BCUT2D eigenvalue weighted by Gasteiger charge is 2.45. The van der Waals surface area contributed by atoms with Gasteiger partial charge in [0, 0.05) is 30.7 Å². The summed E-state index contributed by atoms with van der Waals surface area (Å²) in [5.74, 6) is -0.109. The van der Waals surface area contributed by atoms with Crippen molar-refractivity contribution in [2.45, 2.75) is 19.5 Å². The fraction of sp³-hybridized carbons (Fsp3) is 0.500.